The van der Waals surface area contributed by atoms with Crippen LogP contribution in [0.5, 0.6) is 5.75 Å². The molecule has 1 aromatic carbocycles. The Morgan fingerprint density at radius 2 is 2.21 bits per heavy atom. The first kappa shape index (κ1) is 9.71. The molecule has 0 saturated carbocycles. The van der Waals surface area contributed by atoms with E-state index in [0.29, 0.717) is 6.04 Å². The summed E-state index contributed by atoms with van der Waals surface area (Å²) in [7, 11) is 1.70. The SMILES string of the molecule is COc1ccc(C)c(NC2CSC2)c1. The molecule has 2 rings (SSSR count). The number of aryl methyl sites for hydroxylation is 1. The quantitative estimate of drug-likeness (QED) is 0.826. The zero-order chi connectivity index (χ0) is 9.97. The Bertz CT molecular complexity index is 323. The molecule has 76 valence electrons. The lowest BCUT2D eigenvalue weighted by molar-refractivity contribution is 0.415. The van der Waals surface area contributed by atoms with Crippen LogP contribution in [0.25, 0.3) is 0 Å². The summed E-state index contributed by atoms with van der Waals surface area (Å²) in [6, 6.07) is 6.80. The summed E-state index contributed by atoms with van der Waals surface area (Å²) < 4.78 is 5.20. The van der Waals surface area contributed by atoms with Crippen LogP contribution >= 0.6 is 11.8 Å². The first-order valence-corrected chi connectivity index (χ1v) is 5.94. The summed E-state index contributed by atoms with van der Waals surface area (Å²) in [5, 5.41) is 3.52. The van der Waals surface area contributed by atoms with E-state index in [2.05, 4.69) is 24.4 Å². The van der Waals surface area contributed by atoms with Gasteiger partial charge in [0.15, 0.2) is 0 Å². The van der Waals surface area contributed by atoms with Crippen molar-refractivity contribution < 1.29 is 4.74 Å². The number of hydrogen-bond donors (Lipinski definition) is 1. The minimum Gasteiger partial charge on any atom is -0.497 e. The number of nitrogens with one attached hydrogen (secondary N) is 1. The molecule has 1 aliphatic rings. The molecule has 1 aliphatic heterocycles. The van der Waals surface area contributed by atoms with Crippen molar-refractivity contribution in [3.63, 3.8) is 0 Å². The fourth-order valence-corrected chi connectivity index (χ4v) is 2.06. The smallest absolute Gasteiger partial charge is 0.120 e. The van der Waals surface area contributed by atoms with E-state index in [1.807, 2.05) is 17.8 Å². The van der Waals surface area contributed by atoms with Crippen molar-refractivity contribution in [1.82, 2.24) is 0 Å². The number of ether oxygens (including phenoxy) is 1. The lowest BCUT2D eigenvalue weighted by Gasteiger charge is -2.27. The standard InChI is InChI=1S/C11H15NOS/c1-8-3-4-10(13-2)5-11(8)12-9-6-14-7-9/h3-5,9,12H,6-7H2,1-2H3. The highest BCUT2D eigenvalue weighted by Crippen LogP contribution is 2.26. The minimum atomic E-state index is 0.644. The van der Waals surface area contributed by atoms with Crippen LogP contribution in [0.15, 0.2) is 18.2 Å². The highest BCUT2D eigenvalue weighted by Gasteiger charge is 2.18. The second-order valence-electron chi connectivity index (χ2n) is 3.56. The Labute approximate surface area is 89.0 Å². The van der Waals surface area contributed by atoms with Crippen molar-refractivity contribution in [3.05, 3.63) is 23.8 Å². The maximum atomic E-state index is 5.20. The lowest BCUT2D eigenvalue weighted by atomic mass is 10.1. The topological polar surface area (TPSA) is 21.3 Å². The number of benzene rings is 1. The molecule has 0 amide bonds. The summed E-state index contributed by atoms with van der Waals surface area (Å²) in [5.41, 5.74) is 2.48. The van der Waals surface area contributed by atoms with Crippen LogP contribution in [0.4, 0.5) is 5.69 Å². The molecule has 0 radical (unpaired) electrons. The van der Waals surface area contributed by atoms with E-state index >= 15 is 0 Å². The summed E-state index contributed by atoms with van der Waals surface area (Å²) in [5.74, 6) is 3.36. The van der Waals surface area contributed by atoms with E-state index in [1.165, 1.54) is 22.8 Å². The van der Waals surface area contributed by atoms with Crippen molar-refractivity contribution in [3.8, 4) is 5.75 Å². The summed E-state index contributed by atoms with van der Waals surface area (Å²) in [4.78, 5) is 0. The fraction of sp³-hybridized carbons (Fsp3) is 0.455. The van der Waals surface area contributed by atoms with Crippen LogP contribution in [0.2, 0.25) is 0 Å². The van der Waals surface area contributed by atoms with Gasteiger partial charge in [-0.05, 0) is 18.6 Å². The van der Waals surface area contributed by atoms with E-state index in [1.54, 1.807) is 7.11 Å². The molecule has 0 aliphatic carbocycles. The average Bonchev–Trinajstić information content (AvgIpc) is 2.14. The first-order valence-electron chi connectivity index (χ1n) is 4.78. The second kappa shape index (κ2) is 4.13. The van der Waals surface area contributed by atoms with Crippen LogP contribution in [0, 0.1) is 6.92 Å². The summed E-state index contributed by atoms with van der Waals surface area (Å²) in [6.45, 7) is 2.12. The summed E-state index contributed by atoms with van der Waals surface area (Å²) in [6.07, 6.45) is 0. The van der Waals surface area contributed by atoms with Crippen molar-refractivity contribution in [2.45, 2.75) is 13.0 Å². The maximum Gasteiger partial charge on any atom is 0.120 e. The first-order chi connectivity index (χ1) is 6.79. The normalized spacial score (nSPS) is 16.1. The monoisotopic (exact) mass is 209 g/mol. The Morgan fingerprint density at radius 1 is 1.43 bits per heavy atom. The number of methoxy groups -OCH3 is 1. The molecular weight excluding hydrogens is 194 g/mol. The van der Waals surface area contributed by atoms with Gasteiger partial charge in [-0.3, -0.25) is 0 Å². The molecule has 0 atom stereocenters. The molecule has 0 aromatic heterocycles. The van der Waals surface area contributed by atoms with Gasteiger partial charge in [0.1, 0.15) is 5.75 Å². The van der Waals surface area contributed by atoms with Crippen molar-refractivity contribution in [2.75, 3.05) is 23.9 Å². The van der Waals surface area contributed by atoms with E-state index in [0.717, 1.165) is 5.75 Å². The van der Waals surface area contributed by atoms with Crippen molar-refractivity contribution in [1.29, 1.82) is 0 Å². The van der Waals surface area contributed by atoms with Gasteiger partial charge in [-0.25, -0.2) is 0 Å². The van der Waals surface area contributed by atoms with E-state index in [9.17, 15) is 0 Å². The molecule has 1 fully saturated rings. The third-order valence-corrected chi connectivity index (χ3v) is 3.72. The number of rotatable bonds is 3. The van der Waals surface area contributed by atoms with Crippen molar-refractivity contribution >= 4 is 17.4 Å². The second-order valence-corrected chi connectivity index (χ2v) is 4.63. The molecule has 1 saturated heterocycles. The van der Waals surface area contributed by atoms with Gasteiger partial charge in [-0.15, -0.1) is 0 Å². The molecule has 0 bridgehead atoms. The van der Waals surface area contributed by atoms with E-state index in [-0.39, 0.29) is 0 Å². The Balaban J connectivity index is 2.13. The lowest BCUT2D eigenvalue weighted by Crippen LogP contribution is -2.33. The molecule has 3 heteroatoms. The molecule has 1 heterocycles. The number of hydrogen-bond acceptors (Lipinski definition) is 3. The Morgan fingerprint density at radius 3 is 2.79 bits per heavy atom. The van der Waals surface area contributed by atoms with Gasteiger partial charge in [-0.1, -0.05) is 6.07 Å². The van der Waals surface area contributed by atoms with Gasteiger partial charge in [-0.2, -0.15) is 11.8 Å². The van der Waals surface area contributed by atoms with Gasteiger partial charge in [0.2, 0.25) is 0 Å². The highest BCUT2D eigenvalue weighted by atomic mass is 32.2. The third-order valence-electron chi connectivity index (χ3n) is 2.44. The fourth-order valence-electron chi connectivity index (χ4n) is 1.42. The van der Waals surface area contributed by atoms with Crippen LogP contribution in [-0.4, -0.2) is 24.7 Å². The van der Waals surface area contributed by atoms with Crippen LogP contribution in [0.3, 0.4) is 0 Å². The Kier molecular flexibility index (Phi) is 2.87. The van der Waals surface area contributed by atoms with Crippen LogP contribution < -0.4 is 10.1 Å². The predicted octanol–water partition coefficient (Wildman–Crippen LogP) is 2.53. The number of anilines is 1. The molecule has 0 spiro atoms. The van der Waals surface area contributed by atoms with Gasteiger partial charge < -0.3 is 10.1 Å². The summed E-state index contributed by atoms with van der Waals surface area (Å²) >= 11 is 1.99. The van der Waals surface area contributed by atoms with E-state index < -0.39 is 0 Å². The van der Waals surface area contributed by atoms with Gasteiger partial charge in [0.05, 0.1) is 7.11 Å². The van der Waals surface area contributed by atoms with Crippen LogP contribution in [0.1, 0.15) is 5.56 Å². The molecule has 0 unspecified atom stereocenters. The van der Waals surface area contributed by atoms with Gasteiger partial charge in [0, 0.05) is 29.3 Å². The Hall–Kier alpha value is -0.830. The molecule has 14 heavy (non-hydrogen) atoms. The highest BCUT2D eigenvalue weighted by molar-refractivity contribution is 8.00. The predicted molar refractivity (Wildman–Crippen MR) is 62.5 cm³/mol. The van der Waals surface area contributed by atoms with E-state index in [4.69, 9.17) is 4.74 Å². The van der Waals surface area contributed by atoms with Crippen LogP contribution in [-0.2, 0) is 0 Å². The third kappa shape index (κ3) is 1.98. The largest absolute Gasteiger partial charge is 0.497 e. The molecule has 1 N–H and O–H groups in total. The zero-order valence-electron chi connectivity index (χ0n) is 8.54. The maximum absolute atomic E-state index is 5.20. The average molecular weight is 209 g/mol. The van der Waals surface area contributed by atoms with Crippen molar-refractivity contribution in [2.24, 2.45) is 0 Å². The van der Waals surface area contributed by atoms with Gasteiger partial charge in [0.25, 0.3) is 0 Å². The molecule has 1 aromatic rings. The van der Waals surface area contributed by atoms with Gasteiger partial charge >= 0.3 is 0 Å². The number of thioether (sulfide) groups is 1. The zero-order valence-corrected chi connectivity index (χ0v) is 9.36. The molecular formula is C11H15NOS. The minimum absolute atomic E-state index is 0.644. The molecule has 2 nitrogen and oxygen atoms in total.